The molecule has 1 aromatic carbocycles. The lowest BCUT2D eigenvalue weighted by molar-refractivity contribution is -0.121. The van der Waals surface area contributed by atoms with Crippen LogP contribution in [-0.2, 0) is 4.79 Å². The molecule has 0 aromatic heterocycles. The van der Waals surface area contributed by atoms with Crippen LogP contribution in [0.3, 0.4) is 0 Å². The highest BCUT2D eigenvalue weighted by molar-refractivity contribution is 6.33. The van der Waals surface area contributed by atoms with Gasteiger partial charge in [-0.2, -0.15) is 0 Å². The highest BCUT2D eigenvalue weighted by Crippen LogP contribution is 2.28. The van der Waals surface area contributed by atoms with Crippen LogP contribution in [0.25, 0.3) is 0 Å². The fourth-order valence-corrected chi connectivity index (χ4v) is 2.24. The summed E-state index contributed by atoms with van der Waals surface area (Å²) < 4.78 is 26.4. The fourth-order valence-electron chi connectivity index (χ4n) is 2.00. The molecule has 0 spiro atoms. The zero-order valence-corrected chi connectivity index (χ0v) is 10.6. The van der Waals surface area contributed by atoms with Gasteiger partial charge in [0.2, 0.25) is 5.91 Å². The van der Waals surface area contributed by atoms with E-state index in [9.17, 15) is 13.6 Å². The van der Waals surface area contributed by atoms with Gasteiger partial charge in [0.15, 0.2) is 5.82 Å². The van der Waals surface area contributed by atoms with Gasteiger partial charge in [0.05, 0.1) is 16.2 Å². The number of amides is 1. The maximum absolute atomic E-state index is 13.5. The van der Waals surface area contributed by atoms with Gasteiger partial charge in [-0.3, -0.25) is 4.79 Å². The first-order chi connectivity index (χ1) is 8.42. The van der Waals surface area contributed by atoms with Crippen molar-refractivity contribution < 1.29 is 13.6 Å². The molecule has 1 unspecified atom stereocenters. The van der Waals surface area contributed by atoms with E-state index >= 15 is 0 Å². The second-order valence-electron chi connectivity index (χ2n) is 4.56. The number of anilines is 1. The van der Waals surface area contributed by atoms with Crippen LogP contribution in [0.5, 0.6) is 0 Å². The fraction of sp³-hybridized carbons (Fsp3) is 0.417. The van der Waals surface area contributed by atoms with E-state index in [1.54, 1.807) is 6.92 Å². The Hall–Kier alpha value is -1.20. The minimum Gasteiger partial charge on any atom is -0.321 e. The summed E-state index contributed by atoms with van der Waals surface area (Å²) in [5, 5.41) is 5.31. The first-order valence-electron chi connectivity index (χ1n) is 5.63. The molecule has 18 heavy (non-hydrogen) atoms. The molecular weight excluding hydrogens is 262 g/mol. The Morgan fingerprint density at radius 1 is 1.50 bits per heavy atom. The maximum Gasteiger partial charge on any atom is 0.244 e. The van der Waals surface area contributed by atoms with Crippen molar-refractivity contribution in [3.63, 3.8) is 0 Å². The number of rotatable bonds is 2. The van der Waals surface area contributed by atoms with Gasteiger partial charge in [0, 0.05) is 6.07 Å². The van der Waals surface area contributed by atoms with Gasteiger partial charge in [-0.05, 0) is 32.4 Å². The van der Waals surface area contributed by atoms with E-state index in [1.807, 2.05) is 0 Å². The van der Waals surface area contributed by atoms with Crippen LogP contribution < -0.4 is 10.6 Å². The standard InChI is InChI=1S/C12H13ClF2N2O/c1-12(3-2-4-16-12)11(18)17-10-8(13)5-7(14)6-9(10)15/h5-6,16H,2-4H2,1H3,(H,17,18). The molecule has 0 saturated carbocycles. The summed E-state index contributed by atoms with van der Waals surface area (Å²) in [6.45, 7) is 2.48. The van der Waals surface area contributed by atoms with Crippen molar-refractivity contribution in [2.45, 2.75) is 25.3 Å². The third kappa shape index (κ3) is 2.47. The molecule has 0 bridgehead atoms. The monoisotopic (exact) mass is 274 g/mol. The lowest BCUT2D eigenvalue weighted by Crippen LogP contribution is -2.48. The van der Waals surface area contributed by atoms with Crippen LogP contribution in [0.15, 0.2) is 12.1 Å². The minimum absolute atomic E-state index is 0.151. The van der Waals surface area contributed by atoms with Crippen molar-refractivity contribution in [2.24, 2.45) is 0 Å². The van der Waals surface area contributed by atoms with Crippen LogP contribution in [0.2, 0.25) is 5.02 Å². The summed E-state index contributed by atoms with van der Waals surface area (Å²) >= 11 is 5.72. The number of carbonyl (C=O) groups excluding carboxylic acids is 1. The normalized spacial score (nSPS) is 23.1. The van der Waals surface area contributed by atoms with Gasteiger partial charge in [0.1, 0.15) is 5.82 Å². The Labute approximate surface area is 109 Å². The van der Waals surface area contributed by atoms with Crippen LogP contribution in [-0.4, -0.2) is 18.0 Å². The van der Waals surface area contributed by atoms with E-state index in [-0.39, 0.29) is 16.6 Å². The zero-order chi connectivity index (χ0) is 13.3. The molecule has 98 valence electrons. The smallest absolute Gasteiger partial charge is 0.244 e. The maximum atomic E-state index is 13.5. The Morgan fingerprint density at radius 3 is 2.78 bits per heavy atom. The number of hydrogen-bond donors (Lipinski definition) is 2. The summed E-state index contributed by atoms with van der Waals surface area (Å²) in [4.78, 5) is 12.0. The molecule has 0 radical (unpaired) electrons. The number of hydrogen-bond acceptors (Lipinski definition) is 2. The van der Waals surface area contributed by atoms with Gasteiger partial charge >= 0.3 is 0 Å². The molecule has 2 N–H and O–H groups in total. The molecule has 1 aliphatic heterocycles. The number of carbonyl (C=O) groups is 1. The highest BCUT2D eigenvalue weighted by atomic mass is 35.5. The van der Waals surface area contributed by atoms with E-state index in [0.717, 1.165) is 19.0 Å². The molecular formula is C12H13ClF2N2O. The number of nitrogens with one attached hydrogen (secondary N) is 2. The van der Waals surface area contributed by atoms with Gasteiger partial charge in [-0.25, -0.2) is 8.78 Å². The van der Waals surface area contributed by atoms with E-state index in [4.69, 9.17) is 11.6 Å². The lowest BCUT2D eigenvalue weighted by Gasteiger charge is -2.23. The number of benzene rings is 1. The van der Waals surface area contributed by atoms with E-state index in [0.29, 0.717) is 12.5 Å². The topological polar surface area (TPSA) is 41.1 Å². The van der Waals surface area contributed by atoms with Crippen LogP contribution in [0.1, 0.15) is 19.8 Å². The van der Waals surface area contributed by atoms with Gasteiger partial charge < -0.3 is 10.6 Å². The first kappa shape index (κ1) is 13.2. The Bertz CT molecular complexity index is 464. The van der Waals surface area contributed by atoms with Gasteiger partial charge in [0.25, 0.3) is 0 Å². The molecule has 2 rings (SSSR count). The minimum atomic E-state index is -0.880. The van der Waals surface area contributed by atoms with Crippen molar-refractivity contribution in [1.82, 2.24) is 5.32 Å². The third-order valence-corrected chi connectivity index (χ3v) is 3.41. The second-order valence-corrected chi connectivity index (χ2v) is 4.97. The third-order valence-electron chi connectivity index (χ3n) is 3.12. The lowest BCUT2D eigenvalue weighted by atomic mass is 9.99. The molecule has 1 fully saturated rings. The quantitative estimate of drug-likeness (QED) is 0.871. The van der Waals surface area contributed by atoms with E-state index in [2.05, 4.69) is 10.6 Å². The summed E-state index contributed by atoms with van der Waals surface area (Å²) in [6, 6.07) is 1.65. The van der Waals surface area contributed by atoms with Crippen molar-refractivity contribution in [3.05, 3.63) is 28.8 Å². The van der Waals surface area contributed by atoms with Crippen molar-refractivity contribution in [1.29, 1.82) is 0 Å². The molecule has 3 nitrogen and oxygen atoms in total. The summed E-state index contributed by atoms with van der Waals surface area (Å²) in [5.74, 6) is -2.02. The molecule has 0 aliphatic carbocycles. The van der Waals surface area contributed by atoms with Crippen molar-refractivity contribution in [3.8, 4) is 0 Å². The average molecular weight is 275 g/mol. The van der Waals surface area contributed by atoms with Gasteiger partial charge in [-0.15, -0.1) is 0 Å². The van der Waals surface area contributed by atoms with Crippen molar-refractivity contribution in [2.75, 3.05) is 11.9 Å². The first-order valence-corrected chi connectivity index (χ1v) is 6.01. The molecule has 6 heteroatoms. The van der Waals surface area contributed by atoms with E-state index < -0.39 is 17.2 Å². The summed E-state index contributed by atoms with van der Waals surface area (Å²) in [5.41, 5.74) is -0.914. The predicted octanol–water partition coefficient (Wildman–Crippen LogP) is 2.70. The Balaban J connectivity index is 2.22. The molecule has 1 saturated heterocycles. The summed E-state index contributed by atoms with van der Waals surface area (Å²) in [7, 11) is 0. The molecule has 1 amide bonds. The zero-order valence-electron chi connectivity index (χ0n) is 9.82. The molecule has 1 atom stereocenters. The molecule has 1 heterocycles. The second kappa shape index (κ2) is 4.82. The SMILES string of the molecule is CC1(C(=O)Nc2c(F)cc(F)cc2Cl)CCCN1. The highest BCUT2D eigenvalue weighted by Gasteiger charge is 2.36. The van der Waals surface area contributed by atoms with Crippen LogP contribution >= 0.6 is 11.6 Å². The van der Waals surface area contributed by atoms with Crippen LogP contribution in [0, 0.1) is 11.6 Å². The molecule has 1 aliphatic rings. The summed E-state index contributed by atoms with van der Waals surface area (Å²) in [6.07, 6.45) is 1.54. The Morgan fingerprint density at radius 2 is 2.22 bits per heavy atom. The largest absolute Gasteiger partial charge is 0.321 e. The van der Waals surface area contributed by atoms with E-state index in [1.165, 1.54) is 0 Å². The average Bonchev–Trinajstić information content (AvgIpc) is 2.71. The van der Waals surface area contributed by atoms with Crippen LogP contribution in [0.4, 0.5) is 14.5 Å². The molecule has 1 aromatic rings. The Kier molecular flexibility index (Phi) is 3.54. The van der Waals surface area contributed by atoms with Gasteiger partial charge in [-0.1, -0.05) is 11.6 Å². The number of halogens is 3. The predicted molar refractivity (Wildman–Crippen MR) is 65.6 cm³/mol. The van der Waals surface area contributed by atoms with Crippen molar-refractivity contribution >= 4 is 23.2 Å².